The summed E-state index contributed by atoms with van der Waals surface area (Å²) in [6.45, 7) is 2.95. The highest BCUT2D eigenvalue weighted by atomic mass is 35.5. The number of nitrogens with one attached hydrogen (secondary N) is 1. The van der Waals surface area contributed by atoms with Gasteiger partial charge in [-0.25, -0.2) is 4.39 Å². The summed E-state index contributed by atoms with van der Waals surface area (Å²) < 4.78 is 18.0. The van der Waals surface area contributed by atoms with Crippen molar-refractivity contribution in [3.8, 4) is 5.75 Å². The molecule has 1 atom stereocenters. The van der Waals surface area contributed by atoms with E-state index < -0.39 is 0 Å². The number of amides is 1. The normalized spacial score (nSPS) is 11.3. The lowest BCUT2D eigenvalue weighted by atomic mass is 10.2. The summed E-state index contributed by atoms with van der Waals surface area (Å²) in [5.74, 6) is 0.322. The number of halogens is 2. The Bertz CT molecular complexity index is 385. The van der Waals surface area contributed by atoms with E-state index in [2.05, 4.69) is 5.32 Å². The third-order valence-corrected chi connectivity index (χ3v) is 2.55. The van der Waals surface area contributed by atoms with Crippen LogP contribution >= 0.6 is 12.4 Å². The van der Waals surface area contributed by atoms with E-state index in [-0.39, 0.29) is 30.2 Å². The Kier molecular flexibility index (Phi) is 9.76. The second kappa shape index (κ2) is 10.5. The fourth-order valence-corrected chi connectivity index (χ4v) is 1.48. The molecule has 0 aliphatic rings. The van der Waals surface area contributed by atoms with E-state index in [0.717, 1.165) is 6.42 Å². The molecule has 1 rings (SSSR count). The Morgan fingerprint density at radius 1 is 1.40 bits per heavy atom. The molecular formula is C14H22ClFN2O2. The van der Waals surface area contributed by atoms with Crippen molar-refractivity contribution in [3.05, 3.63) is 30.1 Å². The van der Waals surface area contributed by atoms with Crippen LogP contribution in [0.15, 0.2) is 24.3 Å². The SMILES string of the molecule is CC(N)CCNC(=O)CCCOc1ccc(F)cc1.Cl. The molecule has 0 bridgehead atoms. The van der Waals surface area contributed by atoms with Crippen LogP contribution in [0.25, 0.3) is 0 Å². The van der Waals surface area contributed by atoms with Crippen LogP contribution in [0.2, 0.25) is 0 Å². The van der Waals surface area contributed by atoms with Crippen molar-refractivity contribution in [1.29, 1.82) is 0 Å². The topological polar surface area (TPSA) is 64.3 Å². The van der Waals surface area contributed by atoms with Gasteiger partial charge in [0.05, 0.1) is 6.61 Å². The minimum Gasteiger partial charge on any atom is -0.494 e. The maximum atomic E-state index is 12.6. The van der Waals surface area contributed by atoms with Crippen molar-refractivity contribution in [2.75, 3.05) is 13.2 Å². The number of ether oxygens (including phenoxy) is 1. The van der Waals surface area contributed by atoms with Crippen LogP contribution in [0.4, 0.5) is 4.39 Å². The van der Waals surface area contributed by atoms with Gasteiger partial charge in [-0.1, -0.05) is 0 Å². The number of carbonyl (C=O) groups excluding carboxylic acids is 1. The standard InChI is InChI=1S/C14H21FN2O2.ClH/c1-11(16)8-9-17-14(18)3-2-10-19-13-6-4-12(15)5-7-13;/h4-7,11H,2-3,8-10,16H2,1H3,(H,17,18);1H. The fraction of sp³-hybridized carbons (Fsp3) is 0.500. The second-order valence-electron chi connectivity index (χ2n) is 4.52. The summed E-state index contributed by atoms with van der Waals surface area (Å²) in [6.07, 6.45) is 1.82. The van der Waals surface area contributed by atoms with E-state index in [1.165, 1.54) is 12.1 Å². The zero-order valence-corrected chi connectivity index (χ0v) is 12.4. The van der Waals surface area contributed by atoms with Crippen molar-refractivity contribution >= 4 is 18.3 Å². The van der Waals surface area contributed by atoms with Crippen molar-refractivity contribution in [1.82, 2.24) is 5.32 Å². The zero-order chi connectivity index (χ0) is 14.1. The van der Waals surface area contributed by atoms with Crippen molar-refractivity contribution in [2.45, 2.75) is 32.2 Å². The molecule has 0 aromatic heterocycles. The summed E-state index contributed by atoms with van der Waals surface area (Å²) >= 11 is 0. The molecule has 0 saturated carbocycles. The maximum Gasteiger partial charge on any atom is 0.220 e. The molecule has 0 saturated heterocycles. The molecule has 20 heavy (non-hydrogen) atoms. The van der Waals surface area contributed by atoms with Gasteiger partial charge >= 0.3 is 0 Å². The first-order chi connectivity index (χ1) is 9.08. The molecule has 1 aromatic rings. The predicted molar refractivity (Wildman–Crippen MR) is 79.7 cm³/mol. The van der Waals surface area contributed by atoms with Gasteiger partial charge in [0.2, 0.25) is 5.91 Å². The molecule has 1 amide bonds. The minimum atomic E-state index is -0.291. The van der Waals surface area contributed by atoms with Crippen LogP contribution in [-0.4, -0.2) is 25.1 Å². The third kappa shape index (κ3) is 8.72. The maximum absolute atomic E-state index is 12.6. The molecule has 0 aliphatic carbocycles. The van der Waals surface area contributed by atoms with Gasteiger partial charge in [-0.2, -0.15) is 0 Å². The van der Waals surface area contributed by atoms with Crippen LogP contribution in [0.3, 0.4) is 0 Å². The molecular weight excluding hydrogens is 283 g/mol. The monoisotopic (exact) mass is 304 g/mol. The van der Waals surface area contributed by atoms with Crippen molar-refractivity contribution in [2.24, 2.45) is 5.73 Å². The number of benzene rings is 1. The average molecular weight is 305 g/mol. The van der Waals surface area contributed by atoms with Gasteiger partial charge in [-0.3, -0.25) is 4.79 Å². The number of carbonyl (C=O) groups is 1. The molecule has 0 fully saturated rings. The van der Waals surface area contributed by atoms with E-state index >= 15 is 0 Å². The van der Waals surface area contributed by atoms with Crippen molar-refractivity contribution in [3.63, 3.8) is 0 Å². The average Bonchev–Trinajstić information content (AvgIpc) is 2.36. The molecule has 0 radical (unpaired) electrons. The summed E-state index contributed by atoms with van der Waals surface area (Å²) in [4.78, 5) is 11.4. The predicted octanol–water partition coefficient (Wildman–Crippen LogP) is 2.26. The number of hydrogen-bond acceptors (Lipinski definition) is 3. The Labute approximate surface area is 125 Å². The van der Waals surface area contributed by atoms with Crippen LogP contribution in [0, 0.1) is 5.82 Å². The zero-order valence-electron chi connectivity index (χ0n) is 11.6. The van der Waals surface area contributed by atoms with Gasteiger partial charge in [-0.05, 0) is 44.0 Å². The Balaban J connectivity index is 0.00000361. The first-order valence-corrected chi connectivity index (χ1v) is 6.48. The van der Waals surface area contributed by atoms with Gasteiger partial charge in [-0.15, -0.1) is 12.4 Å². The summed E-state index contributed by atoms with van der Waals surface area (Å²) in [5, 5.41) is 2.80. The molecule has 1 unspecified atom stereocenters. The molecule has 1 aromatic carbocycles. The minimum absolute atomic E-state index is 0. The summed E-state index contributed by atoms with van der Waals surface area (Å²) in [6, 6.07) is 5.92. The summed E-state index contributed by atoms with van der Waals surface area (Å²) in [7, 11) is 0. The van der Waals surface area contributed by atoms with Gasteiger partial charge in [0.25, 0.3) is 0 Å². The van der Waals surface area contributed by atoms with E-state index in [4.69, 9.17) is 10.5 Å². The first kappa shape index (κ1) is 18.7. The van der Waals surface area contributed by atoms with Gasteiger partial charge in [0.15, 0.2) is 0 Å². The van der Waals surface area contributed by atoms with Gasteiger partial charge in [0.1, 0.15) is 11.6 Å². The van der Waals surface area contributed by atoms with Gasteiger partial charge < -0.3 is 15.8 Å². The molecule has 0 spiro atoms. The molecule has 6 heteroatoms. The number of hydrogen-bond donors (Lipinski definition) is 2. The van der Waals surface area contributed by atoms with Crippen LogP contribution in [-0.2, 0) is 4.79 Å². The lowest BCUT2D eigenvalue weighted by Crippen LogP contribution is -2.28. The first-order valence-electron chi connectivity index (χ1n) is 6.48. The van der Waals surface area contributed by atoms with E-state index in [9.17, 15) is 9.18 Å². The smallest absolute Gasteiger partial charge is 0.220 e. The molecule has 4 nitrogen and oxygen atoms in total. The molecule has 0 aliphatic heterocycles. The van der Waals surface area contributed by atoms with E-state index in [0.29, 0.717) is 31.7 Å². The number of nitrogens with two attached hydrogens (primary N) is 1. The highest BCUT2D eigenvalue weighted by molar-refractivity contribution is 5.85. The largest absolute Gasteiger partial charge is 0.494 e. The fourth-order valence-electron chi connectivity index (χ4n) is 1.48. The Morgan fingerprint density at radius 2 is 2.05 bits per heavy atom. The number of rotatable bonds is 8. The Hall–Kier alpha value is -1.33. The highest BCUT2D eigenvalue weighted by Crippen LogP contribution is 2.11. The lowest BCUT2D eigenvalue weighted by Gasteiger charge is -2.08. The van der Waals surface area contributed by atoms with Crippen LogP contribution < -0.4 is 15.8 Å². The quantitative estimate of drug-likeness (QED) is 0.724. The Morgan fingerprint density at radius 3 is 2.65 bits per heavy atom. The van der Waals surface area contributed by atoms with Crippen LogP contribution in [0.1, 0.15) is 26.2 Å². The van der Waals surface area contributed by atoms with E-state index in [1.54, 1.807) is 12.1 Å². The van der Waals surface area contributed by atoms with Gasteiger partial charge in [0, 0.05) is 19.0 Å². The molecule has 0 heterocycles. The molecule has 114 valence electrons. The van der Waals surface area contributed by atoms with E-state index in [1.807, 2.05) is 6.92 Å². The third-order valence-electron chi connectivity index (χ3n) is 2.55. The highest BCUT2D eigenvalue weighted by Gasteiger charge is 2.02. The second-order valence-corrected chi connectivity index (χ2v) is 4.52. The van der Waals surface area contributed by atoms with Crippen LogP contribution in [0.5, 0.6) is 5.75 Å². The lowest BCUT2D eigenvalue weighted by molar-refractivity contribution is -0.121. The summed E-state index contributed by atoms with van der Waals surface area (Å²) in [5.41, 5.74) is 5.58. The van der Waals surface area contributed by atoms with Crippen molar-refractivity contribution < 1.29 is 13.9 Å². The molecule has 3 N–H and O–H groups in total.